The SMILES string of the molecule is CC[C@@H]([NH3+])COCc1ccccc1. The lowest BCUT2D eigenvalue weighted by Crippen LogP contribution is -2.62. The Morgan fingerprint density at radius 3 is 2.62 bits per heavy atom. The Kier molecular flexibility index (Phi) is 4.50. The van der Waals surface area contributed by atoms with Crippen LogP contribution in [-0.2, 0) is 11.3 Å². The van der Waals surface area contributed by atoms with E-state index in [1.54, 1.807) is 0 Å². The monoisotopic (exact) mass is 180 g/mol. The molecule has 0 spiro atoms. The van der Waals surface area contributed by atoms with Crippen LogP contribution in [0.15, 0.2) is 30.3 Å². The highest BCUT2D eigenvalue weighted by atomic mass is 16.5. The molecule has 0 aliphatic rings. The van der Waals surface area contributed by atoms with Gasteiger partial charge in [0.1, 0.15) is 6.04 Å². The van der Waals surface area contributed by atoms with Gasteiger partial charge in [0.2, 0.25) is 0 Å². The van der Waals surface area contributed by atoms with Gasteiger partial charge in [-0.05, 0) is 12.0 Å². The second-order valence-corrected chi connectivity index (χ2v) is 3.28. The predicted molar refractivity (Wildman–Crippen MR) is 53.1 cm³/mol. The van der Waals surface area contributed by atoms with E-state index in [1.165, 1.54) is 5.56 Å². The molecule has 13 heavy (non-hydrogen) atoms. The quantitative estimate of drug-likeness (QED) is 0.727. The summed E-state index contributed by atoms with van der Waals surface area (Å²) in [6.45, 7) is 3.59. The van der Waals surface area contributed by atoms with Crippen molar-refractivity contribution in [1.29, 1.82) is 0 Å². The summed E-state index contributed by atoms with van der Waals surface area (Å²) < 4.78 is 5.51. The minimum Gasteiger partial charge on any atom is -0.371 e. The summed E-state index contributed by atoms with van der Waals surface area (Å²) >= 11 is 0. The molecule has 0 aliphatic carbocycles. The zero-order valence-corrected chi connectivity index (χ0v) is 8.20. The Bertz CT molecular complexity index is 223. The fourth-order valence-corrected chi connectivity index (χ4v) is 1.04. The average Bonchev–Trinajstić information content (AvgIpc) is 2.19. The van der Waals surface area contributed by atoms with E-state index in [9.17, 15) is 0 Å². The van der Waals surface area contributed by atoms with E-state index in [1.807, 2.05) is 18.2 Å². The molecule has 3 N–H and O–H groups in total. The second-order valence-electron chi connectivity index (χ2n) is 3.28. The van der Waals surface area contributed by atoms with Crippen molar-refractivity contribution >= 4 is 0 Å². The highest BCUT2D eigenvalue weighted by Gasteiger charge is 2.01. The molecule has 1 rings (SSSR count). The van der Waals surface area contributed by atoms with Crippen LogP contribution in [0.4, 0.5) is 0 Å². The topological polar surface area (TPSA) is 36.9 Å². The number of hydrogen-bond donors (Lipinski definition) is 1. The number of quaternary nitrogens is 1. The summed E-state index contributed by atoms with van der Waals surface area (Å²) in [4.78, 5) is 0. The molecule has 0 saturated heterocycles. The summed E-state index contributed by atoms with van der Waals surface area (Å²) in [6.07, 6.45) is 1.08. The van der Waals surface area contributed by atoms with Crippen molar-refractivity contribution in [3.8, 4) is 0 Å². The summed E-state index contributed by atoms with van der Waals surface area (Å²) in [5, 5.41) is 0. The first kappa shape index (κ1) is 10.2. The lowest BCUT2D eigenvalue weighted by atomic mass is 10.2. The van der Waals surface area contributed by atoms with Crippen LogP contribution in [0, 0.1) is 0 Å². The third-order valence-electron chi connectivity index (χ3n) is 2.04. The zero-order valence-electron chi connectivity index (χ0n) is 8.20. The number of benzene rings is 1. The Morgan fingerprint density at radius 2 is 2.00 bits per heavy atom. The summed E-state index contributed by atoms with van der Waals surface area (Å²) in [5.41, 5.74) is 5.19. The Hall–Kier alpha value is -0.860. The van der Waals surface area contributed by atoms with E-state index in [-0.39, 0.29) is 0 Å². The highest BCUT2D eigenvalue weighted by Crippen LogP contribution is 2.00. The molecule has 0 aromatic heterocycles. The molecular weight excluding hydrogens is 162 g/mol. The molecule has 1 atom stereocenters. The van der Waals surface area contributed by atoms with Crippen LogP contribution < -0.4 is 5.73 Å². The molecule has 2 heteroatoms. The van der Waals surface area contributed by atoms with Gasteiger partial charge in [0.25, 0.3) is 0 Å². The molecule has 1 aromatic rings. The van der Waals surface area contributed by atoms with Gasteiger partial charge >= 0.3 is 0 Å². The average molecular weight is 180 g/mol. The Labute approximate surface area is 79.7 Å². The standard InChI is InChI=1S/C11H17NO/c1-2-11(12)9-13-8-10-6-4-3-5-7-10/h3-7,11H,2,8-9,12H2,1H3/p+1/t11-/m1/s1. The van der Waals surface area contributed by atoms with Crippen molar-refractivity contribution in [3.05, 3.63) is 35.9 Å². The van der Waals surface area contributed by atoms with Crippen molar-refractivity contribution < 1.29 is 10.5 Å². The van der Waals surface area contributed by atoms with E-state index in [2.05, 4.69) is 24.8 Å². The predicted octanol–water partition coefficient (Wildman–Crippen LogP) is 1.22. The Morgan fingerprint density at radius 1 is 1.31 bits per heavy atom. The first-order chi connectivity index (χ1) is 6.33. The third kappa shape index (κ3) is 4.06. The molecule has 0 bridgehead atoms. The first-order valence-corrected chi connectivity index (χ1v) is 4.77. The van der Waals surface area contributed by atoms with Crippen LogP contribution in [0.1, 0.15) is 18.9 Å². The van der Waals surface area contributed by atoms with Gasteiger partial charge < -0.3 is 10.5 Å². The van der Waals surface area contributed by atoms with Crippen molar-refractivity contribution in [2.75, 3.05) is 6.61 Å². The largest absolute Gasteiger partial charge is 0.371 e. The number of ether oxygens (including phenoxy) is 1. The van der Waals surface area contributed by atoms with Gasteiger partial charge in [-0.3, -0.25) is 0 Å². The lowest BCUT2D eigenvalue weighted by molar-refractivity contribution is -0.427. The maximum atomic E-state index is 5.51. The minimum atomic E-state index is 0.420. The minimum absolute atomic E-state index is 0.420. The van der Waals surface area contributed by atoms with Gasteiger partial charge in [-0.1, -0.05) is 37.3 Å². The van der Waals surface area contributed by atoms with Crippen LogP contribution in [-0.4, -0.2) is 12.6 Å². The summed E-state index contributed by atoms with van der Waals surface area (Å²) in [5.74, 6) is 0. The molecule has 0 heterocycles. The lowest BCUT2D eigenvalue weighted by Gasteiger charge is -2.06. The van der Waals surface area contributed by atoms with E-state index in [0.717, 1.165) is 13.0 Å². The van der Waals surface area contributed by atoms with Crippen LogP contribution in [0.25, 0.3) is 0 Å². The van der Waals surface area contributed by atoms with Crippen molar-refractivity contribution in [2.24, 2.45) is 0 Å². The fourth-order valence-electron chi connectivity index (χ4n) is 1.04. The van der Waals surface area contributed by atoms with Crippen LogP contribution in [0.5, 0.6) is 0 Å². The molecule has 0 fully saturated rings. The van der Waals surface area contributed by atoms with Crippen LogP contribution in [0.2, 0.25) is 0 Å². The molecule has 0 unspecified atom stereocenters. The molecule has 0 aliphatic heterocycles. The smallest absolute Gasteiger partial charge is 0.108 e. The van der Waals surface area contributed by atoms with E-state index in [0.29, 0.717) is 12.6 Å². The molecule has 2 nitrogen and oxygen atoms in total. The van der Waals surface area contributed by atoms with E-state index < -0.39 is 0 Å². The normalized spacial score (nSPS) is 12.8. The summed E-state index contributed by atoms with van der Waals surface area (Å²) in [7, 11) is 0. The fraction of sp³-hybridized carbons (Fsp3) is 0.455. The highest BCUT2D eigenvalue weighted by molar-refractivity contribution is 5.13. The maximum absolute atomic E-state index is 5.51. The van der Waals surface area contributed by atoms with Gasteiger partial charge in [-0.15, -0.1) is 0 Å². The van der Waals surface area contributed by atoms with Gasteiger partial charge in [-0.25, -0.2) is 0 Å². The maximum Gasteiger partial charge on any atom is 0.108 e. The molecule has 72 valence electrons. The second kappa shape index (κ2) is 5.73. The van der Waals surface area contributed by atoms with Crippen molar-refractivity contribution in [1.82, 2.24) is 0 Å². The zero-order chi connectivity index (χ0) is 9.52. The van der Waals surface area contributed by atoms with Gasteiger partial charge in [0.05, 0.1) is 13.2 Å². The molecular formula is C11H18NO+. The van der Waals surface area contributed by atoms with Crippen LogP contribution in [0.3, 0.4) is 0 Å². The van der Waals surface area contributed by atoms with Gasteiger partial charge in [-0.2, -0.15) is 0 Å². The van der Waals surface area contributed by atoms with Gasteiger partial charge in [0, 0.05) is 0 Å². The van der Waals surface area contributed by atoms with Crippen molar-refractivity contribution in [3.63, 3.8) is 0 Å². The van der Waals surface area contributed by atoms with E-state index >= 15 is 0 Å². The molecule has 0 amide bonds. The van der Waals surface area contributed by atoms with Gasteiger partial charge in [0.15, 0.2) is 0 Å². The number of rotatable bonds is 5. The molecule has 1 aromatic carbocycles. The Balaban J connectivity index is 2.20. The number of hydrogen-bond acceptors (Lipinski definition) is 1. The molecule has 0 saturated carbocycles. The molecule has 0 radical (unpaired) electrons. The summed E-state index contributed by atoms with van der Waals surface area (Å²) in [6, 6.07) is 10.6. The van der Waals surface area contributed by atoms with E-state index in [4.69, 9.17) is 4.74 Å². The van der Waals surface area contributed by atoms with Crippen LogP contribution >= 0.6 is 0 Å². The first-order valence-electron chi connectivity index (χ1n) is 4.77. The third-order valence-corrected chi connectivity index (χ3v) is 2.04. The van der Waals surface area contributed by atoms with Crippen molar-refractivity contribution in [2.45, 2.75) is 26.0 Å².